The van der Waals surface area contributed by atoms with Crippen LogP contribution in [0.4, 0.5) is 0 Å². The largest absolute Gasteiger partial charge is 0.481 e. The molecule has 1 heterocycles. The van der Waals surface area contributed by atoms with Gasteiger partial charge in [-0.15, -0.1) is 0 Å². The van der Waals surface area contributed by atoms with Crippen molar-refractivity contribution in [2.45, 2.75) is 25.2 Å². The van der Waals surface area contributed by atoms with Crippen molar-refractivity contribution in [2.24, 2.45) is 0 Å². The molecule has 0 bridgehead atoms. The molecule has 23 heavy (non-hydrogen) atoms. The van der Waals surface area contributed by atoms with Crippen molar-refractivity contribution in [3.63, 3.8) is 0 Å². The van der Waals surface area contributed by atoms with Gasteiger partial charge in [-0.2, -0.15) is 0 Å². The van der Waals surface area contributed by atoms with Crippen LogP contribution in [0.3, 0.4) is 0 Å². The number of hydrogen-bond acceptors (Lipinski definition) is 3. The van der Waals surface area contributed by atoms with Gasteiger partial charge in [-0.1, -0.05) is 11.6 Å². The first-order chi connectivity index (χ1) is 11.0. The van der Waals surface area contributed by atoms with Crippen molar-refractivity contribution in [1.29, 1.82) is 0 Å². The van der Waals surface area contributed by atoms with Crippen LogP contribution >= 0.6 is 11.6 Å². The van der Waals surface area contributed by atoms with E-state index in [4.69, 9.17) is 16.7 Å². The molecule has 3 rings (SSSR count). The van der Waals surface area contributed by atoms with Gasteiger partial charge in [0.05, 0.1) is 17.5 Å². The summed E-state index contributed by atoms with van der Waals surface area (Å²) in [5.74, 6) is -0.709. The van der Waals surface area contributed by atoms with Crippen LogP contribution in [0.25, 0.3) is 10.9 Å². The van der Waals surface area contributed by atoms with Gasteiger partial charge in [0, 0.05) is 35.6 Å². The van der Waals surface area contributed by atoms with Crippen LogP contribution in [-0.4, -0.2) is 40.5 Å². The molecule has 1 aliphatic carbocycles. The molecular formula is C17H17ClN2O3. The number of rotatable bonds is 5. The molecule has 0 radical (unpaired) electrons. The highest BCUT2D eigenvalue weighted by Crippen LogP contribution is 2.40. The number of carbonyl (C=O) groups excluding carboxylic acids is 1. The number of hydrogen-bond donors (Lipinski definition) is 1. The second kappa shape index (κ2) is 6.16. The normalized spacial score (nSPS) is 14.0. The number of carboxylic acids is 1. The van der Waals surface area contributed by atoms with Gasteiger partial charge in [0.1, 0.15) is 0 Å². The third kappa shape index (κ3) is 3.45. The lowest BCUT2D eigenvalue weighted by Crippen LogP contribution is -2.29. The Balaban J connectivity index is 2.01. The molecule has 120 valence electrons. The fourth-order valence-electron chi connectivity index (χ4n) is 2.55. The molecule has 1 aromatic carbocycles. The van der Waals surface area contributed by atoms with E-state index in [9.17, 15) is 9.59 Å². The van der Waals surface area contributed by atoms with Crippen LogP contribution in [0, 0.1) is 0 Å². The summed E-state index contributed by atoms with van der Waals surface area (Å²) in [5, 5.41) is 10.0. The van der Waals surface area contributed by atoms with E-state index in [0.717, 1.165) is 24.1 Å². The van der Waals surface area contributed by atoms with Gasteiger partial charge >= 0.3 is 5.97 Å². The fraction of sp³-hybridized carbons (Fsp3) is 0.353. The molecule has 5 nitrogen and oxygen atoms in total. The number of pyridine rings is 1. The number of aromatic nitrogens is 1. The topological polar surface area (TPSA) is 70.5 Å². The van der Waals surface area contributed by atoms with Crippen molar-refractivity contribution in [2.75, 3.05) is 13.6 Å². The zero-order valence-electron chi connectivity index (χ0n) is 12.8. The number of benzene rings is 1. The van der Waals surface area contributed by atoms with Gasteiger partial charge in [-0.05, 0) is 37.1 Å². The average molecular weight is 333 g/mol. The second-order valence-electron chi connectivity index (χ2n) is 5.90. The predicted octanol–water partition coefficient (Wildman–Crippen LogP) is 3.31. The lowest BCUT2D eigenvalue weighted by Gasteiger charge is -2.18. The highest BCUT2D eigenvalue weighted by Gasteiger charge is 2.27. The number of carboxylic acid groups (broad SMARTS) is 1. The lowest BCUT2D eigenvalue weighted by molar-refractivity contribution is -0.137. The number of amides is 1. The smallest absolute Gasteiger partial charge is 0.305 e. The molecular weight excluding hydrogens is 316 g/mol. The van der Waals surface area contributed by atoms with Gasteiger partial charge in [-0.25, -0.2) is 0 Å². The van der Waals surface area contributed by atoms with Crippen LogP contribution in [0.2, 0.25) is 5.02 Å². The minimum Gasteiger partial charge on any atom is -0.481 e. The van der Waals surface area contributed by atoms with Gasteiger partial charge in [0.2, 0.25) is 0 Å². The number of halogens is 1. The summed E-state index contributed by atoms with van der Waals surface area (Å²) in [6, 6.07) is 7.14. The molecule has 6 heteroatoms. The molecule has 1 aliphatic rings. The first-order valence-electron chi connectivity index (χ1n) is 7.53. The van der Waals surface area contributed by atoms with E-state index in [1.165, 1.54) is 4.90 Å². The highest BCUT2D eigenvalue weighted by molar-refractivity contribution is 6.31. The molecule has 1 aromatic heterocycles. The Kier molecular flexibility index (Phi) is 4.22. The fourth-order valence-corrected chi connectivity index (χ4v) is 2.73. The summed E-state index contributed by atoms with van der Waals surface area (Å²) in [6.45, 7) is 0.164. The number of fused-ring (bicyclic) bond motifs is 1. The summed E-state index contributed by atoms with van der Waals surface area (Å²) in [6.07, 6.45) is 2.10. The highest BCUT2D eigenvalue weighted by atomic mass is 35.5. The van der Waals surface area contributed by atoms with Crippen LogP contribution in [-0.2, 0) is 4.79 Å². The molecule has 0 unspecified atom stereocenters. The summed E-state index contributed by atoms with van der Waals surface area (Å²) >= 11 is 6.06. The van der Waals surface area contributed by atoms with Crippen LogP contribution < -0.4 is 0 Å². The quantitative estimate of drug-likeness (QED) is 0.911. The van der Waals surface area contributed by atoms with E-state index >= 15 is 0 Å². The van der Waals surface area contributed by atoms with Crippen molar-refractivity contribution >= 4 is 34.4 Å². The van der Waals surface area contributed by atoms with E-state index in [1.54, 1.807) is 19.2 Å². The molecule has 0 aliphatic heterocycles. The second-order valence-corrected chi connectivity index (χ2v) is 6.34. The van der Waals surface area contributed by atoms with Gasteiger partial charge in [-0.3, -0.25) is 14.6 Å². The number of carbonyl (C=O) groups is 2. The predicted molar refractivity (Wildman–Crippen MR) is 87.9 cm³/mol. The maximum Gasteiger partial charge on any atom is 0.305 e. The van der Waals surface area contributed by atoms with E-state index in [1.807, 2.05) is 12.1 Å². The molecule has 1 saturated carbocycles. The summed E-state index contributed by atoms with van der Waals surface area (Å²) in [5.41, 5.74) is 2.20. The molecule has 1 N–H and O–H groups in total. The molecule has 0 spiro atoms. The number of nitrogens with zero attached hydrogens (tertiary/aromatic N) is 2. The summed E-state index contributed by atoms with van der Waals surface area (Å²) < 4.78 is 0. The first-order valence-corrected chi connectivity index (χ1v) is 7.91. The Bertz CT molecular complexity index is 787. The summed E-state index contributed by atoms with van der Waals surface area (Å²) in [4.78, 5) is 29.5. The van der Waals surface area contributed by atoms with Crippen molar-refractivity contribution in [3.8, 4) is 0 Å². The summed E-state index contributed by atoms with van der Waals surface area (Å²) in [7, 11) is 1.61. The van der Waals surface area contributed by atoms with E-state index in [0.29, 0.717) is 21.9 Å². The molecule has 0 atom stereocenters. The number of aliphatic carboxylic acids is 1. The average Bonchev–Trinajstić information content (AvgIpc) is 3.35. The van der Waals surface area contributed by atoms with E-state index < -0.39 is 5.97 Å². The Morgan fingerprint density at radius 2 is 2.09 bits per heavy atom. The standard InChI is InChI=1S/C17H17ClN2O3/c1-20(7-6-16(21)22)17(23)13-9-15(10-2-3-10)19-14-5-4-11(18)8-12(13)14/h4-5,8-10H,2-3,6-7H2,1H3,(H,21,22). The van der Waals surface area contributed by atoms with Crippen LogP contribution in [0.15, 0.2) is 24.3 Å². The zero-order chi connectivity index (χ0) is 16.6. The monoisotopic (exact) mass is 332 g/mol. The van der Waals surface area contributed by atoms with Gasteiger partial charge in [0.25, 0.3) is 5.91 Å². The van der Waals surface area contributed by atoms with Crippen molar-refractivity contribution in [1.82, 2.24) is 9.88 Å². The minimum atomic E-state index is -0.925. The molecule has 0 saturated heterocycles. The first kappa shape index (κ1) is 15.7. The lowest BCUT2D eigenvalue weighted by atomic mass is 10.0. The molecule has 1 fully saturated rings. The van der Waals surface area contributed by atoms with Gasteiger partial charge < -0.3 is 10.0 Å². The third-order valence-corrected chi connectivity index (χ3v) is 4.26. The molecule has 2 aromatic rings. The zero-order valence-corrected chi connectivity index (χ0v) is 13.5. The Labute approximate surface area is 138 Å². The van der Waals surface area contributed by atoms with E-state index in [-0.39, 0.29) is 18.9 Å². The van der Waals surface area contributed by atoms with Crippen molar-refractivity contribution < 1.29 is 14.7 Å². The Morgan fingerprint density at radius 3 is 2.74 bits per heavy atom. The van der Waals surface area contributed by atoms with Crippen molar-refractivity contribution in [3.05, 3.63) is 40.5 Å². The molecule has 1 amide bonds. The van der Waals surface area contributed by atoms with Crippen LogP contribution in [0.1, 0.15) is 41.2 Å². The Hall–Kier alpha value is -2.14. The van der Waals surface area contributed by atoms with Crippen LogP contribution in [0.5, 0.6) is 0 Å². The maximum atomic E-state index is 12.7. The SMILES string of the molecule is CN(CCC(=O)O)C(=O)c1cc(C2CC2)nc2ccc(Cl)cc12. The third-order valence-electron chi connectivity index (χ3n) is 4.02. The Morgan fingerprint density at radius 1 is 1.35 bits per heavy atom. The maximum absolute atomic E-state index is 12.7. The minimum absolute atomic E-state index is 0.0819. The van der Waals surface area contributed by atoms with E-state index in [2.05, 4.69) is 4.98 Å². The van der Waals surface area contributed by atoms with Gasteiger partial charge in [0.15, 0.2) is 0 Å².